The predicted molar refractivity (Wildman–Crippen MR) is 92.9 cm³/mol. The number of benzene rings is 1. The molecule has 0 aliphatic rings. The number of carbonyl (C=O) groups excluding carboxylic acids is 1. The summed E-state index contributed by atoms with van der Waals surface area (Å²) in [4.78, 5) is 12.3. The Morgan fingerprint density at radius 2 is 1.61 bits per heavy atom. The van der Waals surface area contributed by atoms with Gasteiger partial charge in [-0.15, -0.1) is 0 Å². The summed E-state index contributed by atoms with van der Waals surface area (Å²) in [6.45, 7) is 11.7. The average molecular weight is 340 g/mol. The highest BCUT2D eigenvalue weighted by Crippen LogP contribution is 2.21. The van der Waals surface area contributed by atoms with Crippen molar-refractivity contribution in [1.29, 1.82) is 0 Å². The van der Waals surface area contributed by atoms with E-state index in [1.54, 1.807) is 20.8 Å². The van der Waals surface area contributed by atoms with Crippen molar-refractivity contribution in [3.8, 4) is 0 Å². The highest BCUT2D eigenvalue weighted by molar-refractivity contribution is 7.89. The lowest BCUT2D eigenvalue weighted by Crippen LogP contribution is -2.45. The van der Waals surface area contributed by atoms with Crippen molar-refractivity contribution in [2.24, 2.45) is 5.92 Å². The maximum Gasteiger partial charge on any atom is 0.241 e. The van der Waals surface area contributed by atoms with E-state index in [2.05, 4.69) is 23.9 Å². The van der Waals surface area contributed by atoms with Crippen molar-refractivity contribution in [1.82, 2.24) is 10.0 Å². The zero-order chi connectivity index (χ0) is 17.8. The third kappa shape index (κ3) is 5.62. The Hall–Kier alpha value is -1.40. The number of amides is 1. The Balaban J connectivity index is 2.85. The molecule has 0 aliphatic carbocycles. The number of rotatable bonds is 7. The first kappa shape index (κ1) is 19.6. The quantitative estimate of drug-likeness (QED) is 0.800. The minimum absolute atomic E-state index is 0.255. The lowest BCUT2D eigenvalue weighted by atomic mass is 10.1. The molecule has 1 unspecified atom stereocenters. The Bertz CT molecular complexity index is 643. The van der Waals surface area contributed by atoms with Gasteiger partial charge < -0.3 is 5.32 Å². The van der Waals surface area contributed by atoms with Gasteiger partial charge in [0.25, 0.3) is 0 Å². The maximum atomic E-state index is 12.6. The van der Waals surface area contributed by atoms with Crippen molar-refractivity contribution < 1.29 is 13.2 Å². The van der Waals surface area contributed by atoms with Gasteiger partial charge in [0, 0.05) is 6.54 Å². The molecule has 0 aliphatic heterocycles. The number of sulfonamides is 1. The molecule has 130 valence electrons. The standard InChI is InChI=1S/C17H28N2O3S/c1-11(2)7-8-18-17(20)15(6)19-23(21,22)16-13(4)9-12(3)10-14(16)5/h9-11,15,19H,7-8H2,1-6H3,(H,18,20). The lowest BCUT2D eigenvalue weighted by Gasteiger charge is -2.17. The zero-order valence-corrected chi connectivity index (χ0v) is 15.7. The van der Waals surface area contributed by atoms with Crippen LogP contribution in [0.3, 0.4) is 0 Å². The normalized spacial score (nSPS) is 13.2. The van der Waals surface area contributed by atoms with Crippen LogP contribution in [0.25, 0.3) is 0 Å². The first-order valence-electron chi connectivity index (χ1n) is 7.92. The van der Waals surface area contributed by atoms with Crippen LogP contribution in [0.2, 0.25) is 0 Å². The predicted octanol–water partition coefficient (Wildman–Crippen LogP) is 2.44. The van der Waals surface area contributed by atoms with Crippen LogP contribution in [0.4, 0.5) is 0 Å². The van der Waals surface area contributed by atoms with Gasteiger partial charge in [-0.1, -0.05) is 31.5 Å². The first-order chi connectivity index (χ1) is 10.5. The van der Waals surface area contributed by atoms with Gasteiger partial charge in [-0.2, -0.15) is 4.72 Å². The van der Waals surface area contributed by atoms with Crippen LogP contribution in [0.1, 0.15) is 43.9 Å². The largest absolute Gasteiger partial charge is 0.355 e. The van der Waals surface area contributed by atoms with E-state index in [0.29, 0.717) is 23.6 Å². The van der Waals surface area contributed by atoms with Gasteiger partial charge in [0.2, 0.25) is 15.9 Å². The van der Waals surface area contributed by atoms with Crippen LogP contribution in [-0.2, 0) is 14.8 Å². The van der Waals surface area contributed by atoms with Crippen molar-refractivity contribution in [2.45, 2.75) is 58.9 Å². The third-order valence-electron chi connectivity index (χ3n) is 3.62. The summed E-state index contributed by atoms with van der Waals surface area (Å²) in [5, 5.41) is 2.76. The van der Waals surface area contributed by atoms with Gasteiger partial charge in [-0.25, -0.2) is 8.42 Å². The summed E-state index contributed by atoms with van der Waals surface area (Å²) < 4.78 is 27.7. The molecule has 1 atom stereocenters. The topological polar surface area (TPSA) is 75.3 Å². The summed E-state index contributed by atoms with van der Waals surface area (Å²) in [5.41, 5.74) is 2.38. The summed E-state index contributed by atoms with van der Waals surface area (Å²) in [7, 11) is -3.73. The van der Waals surface area contributed by atoms with E-state index < -0.39 is 16.1 Å². The van der Waals surface area contributed by atoms with Crippen molar-refractivity contribution in [2.75, 3.05) is 6.54 Å². The third-order valence-corrected chi connectivity index (χ3v) is 5.46. The molecule has 23 heavy (non-hydrogen) atoms. The number of carbonyl (C=O) groups is 1. The first-order valence-corrected chi connectivity index (χ1v) is 9.40. The zero-order valence-electron chi connectivity index (χ0n) is 14.9. The molecule has 1 amide bonds. The Morgan fingerprint density at radius 3 is 2.09 bits per heavy atom. The Morgan fingerprint density at radius 1 is 1.09 bits per heavy atom. The molecule has 1 rings (SSSR count). The molecule has 1 aromatic rings. The molecule has 0 saturated carbocycles. The molecule has 0 spiro atoms. The molecule has 1 aromatic carbocycles. The van der Waals surface area contributed by atoms with E-state index in [1.807, 2.05) is 19.1 Å². The molecule has 2 N–H and O–H groups in total. The van der Waals surface area contributed by atoms with Crippen LogP contribution < -0.4 is 10.0 Å². The van der Waals surface area contributed by atoms with Crippen LogP contribution in [0.5, 0.6) is 0 Å². The Labute approximate surface area is 139 Å². The Kier molecular flexibility index (Phi) is 6.77. The van der Waals surface area contributed by atoms with E-state index in [0.717, 1.165) is 12.0 Å². The average Bonchev–Trinajstić information content (AvgIpc) is 2.35. The van der Waals surface area contributed by atoms with E-state index in [-0.39, 0.29) is 10.8 Å². The molecule has 0 saturated heterocycles. The summed E-state index contributed by atoms with van der Waals surface area (Å²) in [5.74, 6) is 0.178. The fourth-order valence-corrected chi connectivity index (χ4v) is 4.23. The fraction of sp³-hybridized carbons (Fsp3) is 0.588. The van der Waals surface area contributed by atoms with Crippen LogP contribution in [0.15, 0.2) is 17.0 Å². The second kappa shape index (κ2) is 7.93. The van der Waals surface area contributed by atoms with Gasteiger partial charge in [0.15, 0.2) is 0 Å². The highest BCUT2D eigenvalue weighted by Gasteiger charge is 2.25. The second-order valence-corrected chi connectivity index (χ2v) is 8.20. The fourth-order valence-electron chi connectivity index (χ4n) is 2.57. The molecule has 6 heteroatoms. The van der Waals surface area contributed by atoms with Crippen molar-refractivity contribution in [3.63, 3.8) is 0 Å². The molecule has 0 fully saturated rings. The van der Waals surface area contributed by atoms with E-state index in [9.17, 15) is 13.2 Å². The lowest BCUT2D eigenvalue weighted by molar-refractivity contribution is -0.122. The van der Waals surface area contributed by atoms with Gasteiger partial charge in [-0.05, 0) is 51.2 Å². The van der Waals surface area contributed by atoms with Crippen LogP contribution in [-0.4, -0.2) is 26.9 Å². The van der Waals surface area contributed by atoms with Crippen LogP contribution >= 0.6 is 0 Å². The number of aryl methyl sites for hydroxylation is 3. The second-order valence-electron chi connectivity index (χ2n) is 6.54. The van der Waals surface area contributed by atoms with Crippen molar-refractivity contribution >= 4 is 15.9 Å². The maximum absolute atomic E-state index is 12.6. The SMILES string of the molecule is Cc1cc(C)c(S(=O)(=O)NC(C)C(=O)NCCC(C)C)c(C)c1. The molecule has 0 aromatic heterocycles. The monoisotopic (exact) mass is 340 g/mol. The smallest absolute Gasteiger partial charge is 0.241 e. The molecule has 0 heterocycles. The van der Waals surface area contributed by atoms with Gasteiger partial charge in [-0.3, -0.25) is 4.79 Å². The highest BCUT2D eigenvalue weighted by atomic mass is 32.2. The van der Waals surface area contributed by atoms with Gasteiger partial charge in [0.1, 0.15) is 0 Å². The number of hydrogen-bond acceptors (Lipinski definition) is 3. The van der Waals surface area contributed by atoms with Gasteiger partial charge in [0.05, 0.1) is 10.9 Å². The molecular weight excluding hydrogens is 312 g/mol. The minimum atomic E-state index is -3.73. The van der Waals surface area contributed by atoms with E-state index >= 15 is 0 Å². The van der Waals surface area contributed by atoms with E-state index in [1.165, 1.54) is 0 Å². The summed E-state index contributed by atoms with van der Waals surface area (Å²) >= 11 is 0. The van der Waals surface area contributed by atoms with Crippen molar-refractivity contribution in [3.05, 3.63) is 28.8 Å². The minimum Gasteiger partial charge on any atom is -0.355 e. The number of nitrogens with one attached hydrogen (secondary N) is 2. The van der Waals surface area contributed by atoms with Crippen LogP contribution in [0, 0.1) is 26.7 Å². The van der Waals surface area contributed by atoms with E-state index in [4.69, 9.17) is 0 Å². The molecule has 5 nitrogen and oxygen atoms in total. The summed E-state index contributed by atoms with van der Waals surface area (Å²) in [6.07, 6.45) is 0.862. The van der Waals surface area contributed by atoms with Gasteiger partial charge >= 0.3 is 0 Å². The molecular formula is C17H28N2O3S. The number of hydrogen-bond donors (Lipinski definition) is 2. The molecule has 0 bridgehead atoms. The summed E-state index contributed by atoms with van der Waals surface area (Å²) in [6, 6.07) is 2.84. The molecule has 0 radical (unpaired) electrons.